The Hall–Kier alpha value is -1.65. The minimum absolute atomic E-state index is 0.385. The molecule has 2 aromatic rings. The van der Waals surface area contributed by atoms with E-state index < -0.39 is 6.10 Å². The third-order valence-corrected chi connectivity index (χ3v) is 3.36. The molecule has 0 aliphatic carbocycles. The van der Waals surface area contributed by atoms with Crippen LogP contribution in [-0.4, -0.2) is 18.2 Å². The first kappa shape index (κ1) is 13.8. The quantitative estimate of drug-likeness (QED) is 0.882. The summed E-state index contributed by atoms with van der Waals surface area (Å²) in [4.78, 5) is 11.3. The molecule has 0 radical (unpaired) electrons. The first-order chi connectivity index (χ1) is 9.11. The molecule has 0 heterocycles. The molecule has 19 heavy (non-hydrogen) atoms. The number of aliphatic hydroxyl groups is 1. The molecule has 1 unspecified atom stereocenters. The number of benzene rings is 2. The number of esters is 1. The molecule has 0 spiro atoms. The molecule has 3 nitrogen and oxygen atoms in total. The number of carbonyl (C=O) groups is 1. The van der Waals surface area contributed by atoms with Crippen LogP contribution in [0.4, 0.5) is 0 Å². The normalized spacial score (nSPS) is 11.9. The number of hydrogen-bond donors (Lipinski definition) is 1. The van der Waals surface area contributed by atoms with Gasteiger partial charge in [0.1, 0.15) is 6.10 Å². The second-order valence-electron chi connectivity index (χ2n) is 4.07. The number of hydrogen-bond acceptors (Lipinski definition) is 3. The lowest BCUT2D eigenvalue weighted by molar-refractivity contribution is 0.0600. The van der Waals surface area contributed by atoms with Crippen molar-refractivity contribution >= 4 is 21.9 Å². The molecule has 98 valence electrons. The van der Waals surface area contributed by atoms with Gasteiger partial charge >= 0.3 is 5.97 Å². The van der Waals surface area contributed by atoms with Gasteiger partial charge in [-0.15, -0.1) is 0 Å². The second-order valence-corrected chi connectivity index (χ2v) is 4.98. The molecule has 0 aromatic heterocycles. The molecule has 0 bridgehead atoms. The minimum Gasteiger partial charge on any atom is -0.465 e. The lowest BCUT2D eigenvalue weighted by Crippen LogP contribution is -2.03. The largest absolute Gasteiger partial charge is 0.465 e. The first-order valence-corrected chi connectivity index (χ1v) is 6.53. The number of aliphatic hydroxyl groups excluding tert-OH is 1. The van der Waals surface area contributed by atoms with E-state index in [4.69, 9.17) is 0 Å². The topological polar surface area (TPSA) is 46.5 Å². The molecule has 0 saturated heterocycles. The van der Waals surface area contributed by atoms with Crippen molar-refractivity contribution in [2.75, 3.05) is 7.11 Å². The Bertz CT molecular complexity index is 561. The summed E-state index contributed by atoms with van der Waals surface area (Å²) in [5, 5.41) is 10.2. The molecule has 0 amide bonds. The highest BCUT2D eigenvalue weighted by Crippen LogP contribution is 2.23. The Balaban J connectivity index is 2.22. The summed E-state index contributed by atoms with van der Waals surface area (Å²) in [7, 11) is 1.34. The van der Waals surface area contributed by atoms with Gasteiger partial charge in [-0.1, -0.05) is 40.2 Å². The third-order valence-electron chi connectivity index (χ3n) is 2.83. The van der Waals surface area contributed by atoms with Crippen LogP contribution in [0, 0.1) is 0 Å². The summed E-state index contributed by atoms with van der Waals surface area (Å²) in [6.45, 7) is 0. The molecule has 0 aliphatic rings. The Morgan fingerprint density at radius 1 is 1.05 bits per heavy atom. The molecular formula is C15H13BrO3. The first-order valence-electron chi connectivity index (χ1n) is 5.73. The zero-order valence-corrected chi connectivity index (χ0v) is 11.9. The summed E-state index contributed by atoms with van der Waals surface area (Å²) < 4.78 is 5.59. The van der Waals surface area contributed by atoms with Crippen molar-refractivity contribution in [2.45, 2.75) is 6.10 Å². The maximum Gasteiger partial charge on any atom is 0.337 e. The number of halogens is 1. The van der Waals surface area contributed by atoms with Crippen LogP contribution in [0.5, 0.6) is 0 Å². The third kappa shape index (κ3) is 3.22. The predicted octanol–water partition coefficient (Wildman–Crippen LogP) is 3.32. The van der Waals surface area contributed by atoms with E-state index in [2.05, 4.69) is 20.7 Å². The van der Waals surface area contributed by atoms with Gasteiger partial charge in [-0.2, -0.15) is 0 Å². The van der Waals surface area contributed by atoms with Gasteiger partial charge in [0.05, 0.1) is 12.7 Å². The molecule has 0 fully saturated rings. The highest BCUT2D eigenvalue weighted by atomic mass is 79.9. The van der Waals surface area contributed by atoms with Crippen LogP contribution < -0.4 is 0 Å². The Labute approximate surface area is 120 Å². The second kappa shape index (κ2) is 5.99. The fraction of sp³-hybridized carbons (Fsp3) is 0.133. The molecule has 1 atom stereocenters. The Morgan fingerprint density at radius 3 is 2.00 bits per heavy atom. The highest BCUT2D eigenvalue weighted by molar-refractivity contribution is 9.10. The van der Waals surface area contributed by atoms with Gasteiger partial charge in [0.2, 0.25) is 0 Å². The van der Waals surface area contributed by atoms with Crippen LogP contribution in [0.3, 0.4) is 0 Å². The van der Waals surface area contributed by atoms with Gasteiger partial charge < -0.3 is 9.84 Å². The molecular weight excluding hydrogens is 308 g/mol. The summed E-state index contributed by atoms with van der Waals surface area (Å²) in [5.74, 6) is -0.385. The smallest absolute Gasteiger partial charge is 0.337 e. The fourth-order valence-corrected chi connectivity index (χ4v) is 2.02. The van der Waals surface area contributed by atoms with E-state index in [-0.39, 0.29) is 5.97 Å². The van der Waals surface area contributed by atoms with E-state index in [9.17, 15) is 9.90 Å². The molecule has 2 rings (SSSR count). The standard InChI is InChI=1S/C15H13BrO3/c1-19-15(18)12-4-2-10(3-5-12)14(17)11-6-8-13(16)9-7-11/h2-9,14,17H,1H3. The highest BCUT2D eigenvalue weighted by Gasteiger charge is 2.11. The lowest BCUT2D eigenvalue weighted by Gasteiger charge is -2.12. The summed E-state index contributed by atoms with van der Waals surface area (Å²) in [6, 6.07) is 14.2. The monoisotopic (exact) mass is 320 g/mol. The fourth-order valence-electron chi connectivity index (χ4n) is 1.76. The molecule has 0 saturated carbocycles. The Morgan fingerprint density at radius 2 is 1.53 bits per heavy atom. The number of methoxy groups -OCH3 is 1. The molecule has 2 aromatic carbocycles. The van der Waals surface area contributed by atoms with Crippen molar-refractivity contribution in [3.63, 3.8) is 0 Å². The minimum atomic E-state index is -0.709. The molecule has 1 N–H and O–H groups in total. The predicted molar refractivity (Wildman–Crippen MR) is 76.0 cm³/mol. The number of ether oxygens (including phenoxy) is 1. The van der Waals surface area contributed by atoms with Gasteiger partial charge in [-0.25, -0.2) is 4.79 Å². The molecule has 4 heteroatoms. The van der Waals surface area contributed by atoms with Crippen molar-refractivity contribution in [2.24, 2.45) is 0 Å². The average Bonchev–Trinajstić information content (AvgIpc) is 2.46. The van der Waals surface area contributed by atoms with E-state index in [1.165, 1.54) is 7.11 Å². The Kier molecular flexibility index (Phi) is 4.35. The number of rotatable bonds is 3. The van der Waals surface area contributed by atoms with Gasteiger partial charge in [0.15, 0.2) is 0 Å². The van der Waals surface area contributed by atoms with Crippen molar-refractivity contribution in [3.05, 3.63) is 69.7 Å². The SMILES string of the molecule is COC(=O)c1ccc(C(O)c2ccc(Br)cc2)cc1. The zero-order chi connectivity index (χ0) is 13.8. The van der Waals surface area contributed by atoms with E-state index in [0.29, 0.717) is 5.56 Å². The van der Waals surface area contributed by atoms with E-state index in [1.54, 1.807) is 24.3 Å². The van der Waals surface area contributed by atoms with Crippen LogP contribution in [0.15, 0.2) is 53.0 Å². The average molecular weight is 321 g/mol. The van der Waals surface area contributed by atoms with Gasteiger partial charge in [0.25, 0.3) is 0 Å². The summed E-state index contributed by atoms with van der Waals surface area (Å²) in [6.07, 6.45) is -0.709. The van der Waals surface area contributed by atoms with Crippen molar-refractivity contribution in [1.82, 2.24) is 0 Å². The van der Waals surface area contributed by atoms with Crippen molar-refractivity contribution < 1.29 is 14.6 Å². The van der Waals surface area contributed by atoms with E-state index in [1.807, 2.05) is 24.3 Å². The summed E-state index contributed by atoms with van der Waals surface area (Å²) in [5.41, 5.74) is 2.00. The van der Waals surface area contributed by atoms with Crippen molar-refractivity contribution in [3.8, 4) is 0 Å². The molecule has 0 aliphatic heterocycles. The van der Waals surface area contributed by atoms with Gasteiger partial charge in [-0.3, -0.25) is 0 Å². The zero-order valence-electron chi connectivity index (χ0n) is 10.3. The van der Waals surface area contributed by atoms with Crippen LogP contribution in [-0.2, 0) is 4.74 Å². The van der Waals surface area contributed by atoms with Crippen LogP contribution in [0.25, 0.3) is 0 Å². The number of carbonyl (C=O) groups excluding carboxylic acids is 1. The van der Waals surface area contributed by atoms with Crippen LogP contribution >= 0.6 is 15.9 Å². The van der Waals surface area contributed by atoms with E-state index in [0.717, 1.165) is 15.6 Å². The van der Waals surface area contributed by atoms with Crippen LogP contribution in [0.1, 0.15) is 27.6 Å². The van der Waals surface area contributed by atoms with Gasteiger partial charge in [-0.05, 0) is 35.4 Å². The lowest BCUT2D eigenvalue weighted by atomic mass is 10.0. The van der Waals surface area contributed by atoms with E-state index >= 15 is 0 Å². The maximum absolute atomic E-state index is 11.3. The summed E-state index contributed by atoms with van der Waals surface area (Å²) >= 11 is 3.35. The van der Waals surface area contributed by atoms with Crippen molar-refractivity contribution in [1.29, 1.82) is 0 Å². The van der Waals surface area contributed by atoms with Gasteiger partial charge in [0, 0.05) is 4.47 Å². The maximum atomic E-state index is 11.3. The van der Waals surface area contributed by atoms with Crippen LogP contribution in [0.2, 0.25) is 0 Å².